The van der Waals surface area contributed by atoms with E-state index in [2.05, 4.69) is 15.6 Å². The Morgan fingerprint density at radius 3 is 2.83 bits per heavy atom. The summed E-state index contributed by atoms with van der Waals surface area (Å²) in [6, 6.07) is 3.18. The van der Waals surface area contributed by atoms with Crippen LogP contribution in [0, 0.1) is 11.6 Å². The summed E-state index contributed by atoms with van der Waals surface area (Å²) in [4.78, 5) is 11.6. The number of halogens is 2. The van der Waals surface area contributed by atoms with Crippen LogP contribution in [0.5, 0.6) is 0 Å². The van der Waals surface area contributed by atoms with E-state index in [1.54, 1.807) is 7.05 Å². The molecule has 1 amide bonds. The van der Waals surface area contributed by atoms with Gasteiger partial charge in [-0.05, 0) is 6.07 Å². The maximum Gasteiger partial charge on any atom is 0.273 e. The van der Waals surface area contributed by atoms with Crippen LogP contribution in [0.1, 0.15) is 16.1 Å². The maximum absolute atomic E-state index is 13.3. The molecule has 1 N–H and O–H groups in total. The van der Waals surface area contributed by atoms with Gasteiger partial charge in [0.25, 0.3) is 5.91 Å². The molecule has 18 heavy (non-hydrogen) atoms. The van der Waals surface area contributed by atoms with Crippen LogP contribution in [-0.4, -0.2) is 20.9 Å². The molecule has 0 radical (unpaired) electrons. The highest BCUT2D eigenvalue weighted by atomic mass is 19.1. The molecule has 1 aromatic carbocycles. The van der Waals surface area contributed by atoms with Gasteiger partial charge in [-0.25, -0.2) is 8.78 Å². The van der Waals surface area contributed by atoms with E-state index in [0.717, 1.165) is 12.1 Å². The summed E-state index contributed by atoms with van der Waals surface area (Å²) < 4.78 is 27.3. The molecule has 1 aromatic heterocycles. The molecule has 7 heteroatoms. The molecule has 0 atom stereocenters. The summed E-state index contributed by atoms with van der Waals surface area (Å²) in [5.74, 6) is -1.82. The minimum absolute atomic E-state index is 0.0402. The number of carbonyl (C=O) groups excluding carboxylic acids is 1. The number of carbonyl (C=O) groups is 1. The molecule has 2 rings (SSSR count). The van der Waals surface area contributed by atoms with Gasteiger partial charge in [-0.2, -0.15) is 0 Å². The molecule has 0 saturated heterocycles. The van der Waals surface area contributed by atoms with Gasteiger partial charge in [-0.3, -0.25) is 9.48 Å². The Morgan fingerprint density at radius 1 is 1.44 bits per heavy atom. The quantitative estimate of drug-likeness (QED) is 0.887. The molecule has 0 aliphatic rings. The van der Waals surface area contributed by atoms with E-state index in [1.165, 1.54) is 16.9 Å². The lowest BCUT2D eigenvalue weighted by atomic mass is 10.2. The fourth-order valence-corrected chi connectivity index (χ4v) is 1.38. The van der Waals surface area contributed by atoms with Gasteiger partial charge in [0.05, 0.1) is 6.20 Å². The van der Waals surface area contributed by atoms with Gasteiger partial charge in [-0.1, -0.05) is 11.3 Å². The van der Waals surface area contributed by atoms with E-state index in [-0.39, 0.29) is 17.8 Å². The van der Waals surface area contributed by atoms with Crippen LogP contribution in [0.2, 0.25) is 0 Å². The van der Waals surface area contributed by atoms with Crippen LogP contribution in [0.25, 0.3) is 0 Å². The number of benzene rings is 1. The predicted octanol–water partition coefficient (Wildman–Crippen LogP) is 1.02. The third-order valence-corrected chi connectivity index (χ3v) is 2.29. The number of aryl methyl sites for hydroxylation is 1. The Kier molecular flexibility index (Phi) is 3.31. The monoisotopic (exact) mass is 252 g/mol. The smallest absolute Gasteiger partial charge is 0.273 e. The van der Waals surface area contributed by atoms with Crippen LogP contribution in [0.4, 0.5) is 8.78 Å². The number of nitrogens with one attached hydrogen (secondary N) is 1. The minimum atomic E-state index is -0.700. The van der Waals surface area contributed by atoms with Crippen molar-refractivity contribution in [2.75, 3.05) is 0 Å². The zero-order valence-electron chi connectivity index (χ0n) is 9.52. The van der Waals surface area contributed by atoms with E-state index in [9.17, 15) is 13.6 Å². The summed E-state index contributed by atoms with van der Waals surface area (Å²) in [5, 5.41) is 9.69. The predicted molar refractivity (Wildman–Crippen MR) is 58.5 cm³/mol. The third-order valence-electron chi connectivity index (χ3n) is 2.29. The van der Waals surface area contributed by atoms with E-state index in [1.807, 2.05) is 0 Å². The molecule has 0 unspecified atom stereocenters. The molecule has 0 aliphatic heterocycles. The van der Waals surface area contributed by atoms with E-state index < -0.39 is 17.5 Å². The fourth-order valence-electron chi connectivity index (χ4n) is 1.38. The van der Waals surface area contributed by atoms with Crippen LogP contribution < -0.4 is 5.32 Å². The standard InChI is InChI=1S/C11H10F2N4O/c1-17-6-10(15-16-17)11(18)14-5-7-2-3-8(12)4-9(7)13/h2-4,6H,5H2,1H3,(H,14,18). The Bertz CT molecular complexity index is 582. The van der Waals surface area contributed by atoms with Crippen molar-refractivity contribution >= 4 is 5.91 Å². The van der Waals surface area contributed by atoms with Gasteiger partial charge in [-0.15, -0.1) is 5.10 Å². The normalized spacial score (nSPS) is 10.4. The van der Waals surface area contributed by atoms with E-state index >= 15 is 0 Å². The van der Waals surface area contributed by atoms with Crippen LogP contribution in [0.3, 0.4) is 0 Å². The summed E-state index contributed by atoms with van der Waals surface area (Å²) in [7, 11) is 1.63. The lowest BCUT2D eigenvalue weighted by Crippen LogP contribution is -2.23. The van der Waals surface area contributed by atoms with Crippen LogP contribution in [0.15, 0.2) is 24.4 Å². The number of hydrogen-bond donors (Lipinski definition) is 1. The lowest BCUT2D eigenvalue weighted by Gasteiger charge is -2.04. The largest absolute Gasteiger partial charge is 0.346 e. The second kappa shape index (κ2) is 4.91. The van der Waals surface area contributed by atoms with Gasteiger partial charge in [0.2, 0.25) is 0 Å². The van der Waals surface area contributed by atoms with Gasteiger partial charge < -0.3 is 5.32 Å². The van der Waals surface area contributed by atoms with Gasteiger partial charge in [0, 0.05) is 25.2 Å². The second-order valence-electron chi connectivity index (χ2n) is 3.70. The highest BCUT2D eigenvalue weighted by molar-refractivity contribution is 5.91. The zero-order valence-corrected chi connectivity index (χ0v) is 9.52. The Hall–Kier alpha value is -2.31. The first-order chi connectivity index (χ1) is 8.56. The SMILES string of the molecule is Cn1cc(C(=O)NCc2ccc(F)cc2F)nn1. The van der Waals surface area contributed by atoms with Crippen LogP contribution in [-0.2, 0) is 13.6 Å². The van der Waals surface area contributed by atoms with Crippen molar-refractivity contribution in [1.29, 1.82) is 0 Å². The number of amides is 1. The van der Waals surface area contributed by atoms with Crippen molar-refractivity contribution < 1.29 is 13.6 Å². The summed E-state index contributed by atoms with van der Waals surface area (Å²) in [5.41, 5.74) is 0.341. The van der Waals surface area contributed by atoms with Gasteiger partial charge in [0.1, 0.15) is 11.6 Å². The molecule has 5 nitrogen and oxygen atoms in total. The topological polar surface area (TPSA) is 59.8 Å². The van der Waals surface area contributed by atoms with E-state index in [0.29, 0.717) is 0 Å². The first kappa shape index (κ1) is 12.2. The van der Waals surface area contributed by atoms with Crippen molar-refractivity contribution in [2.45, 2.75) is 6.54 Å². The third kappa shape index (κ3) is 2.68. The molecule has 0 spiro atoms. The van der Waals surface area contributed by atoms with Crippen LogP contribution >= 0.6 is 0 Å². The molecule has 0 aliphatic carbocycles. The molecule has 0 bridgehead atoms. The van der Waals surface area contributed by atoms with Crippen molar-refractivity contribution in [3.63, 3.8) is 0 Å². The van der Waals surface area contributed by atoms with Crippen molar-refractivity contribution in [1.82, 2.24) is 20.3 Å². The highest BCUT2D eigenvalue weighted by Gasteiger charge is 2.10. The first-order valence-corrected chi connectivity index (χ1v) is 5.14. The molecular formula is C11H10F2N4O. The van der Waals surface area contributed by atoms with Crippen molar-refractivity contribution in [3.05, 3.63) is 47.3 Å². The average molecular weight is 252 g/mol. The molecule has 0 saturated carbocycles. The number of hydrogen-bond acceptors (Lipinski definition) is 3. The summed E-state index contributed by atoms with van der Waals surface area (Å²) in [6.07, 6.45) is 1.44. The van der Waals surface area contributed by atoms with Crippen molar-refractivity contribution in [2.24, 2.45) is 7.05 Å². The molecular weight excluding hydrogens is 242 g/mol. The molecule has 1 heterocycles. The maximum atomic E-state index is 13.3. The Labute approximate surface area is 101 Å². The first-order valence-electron chi connectivity index (χ1n) is 5.14. The highest BCUT2D eigenvalue weighted by Crippen LogP contribution is 2.09. The minimum Gasteiger partial charge on any atom is -0.346 e. The summed E-state index contributed by atoms with van der Waals surface area (Å²) >= 11 is 0. The number of aromatic nitrogens is 3. The van der Waals surface area contributed by atoms with Gasteiger partial charge in [0.15, 0.2) is 5.69 Å². The van der Waals surface area contributed by atoms with Crippen molar-refractivity contribution in [3.8, 4) is 0 Å². The zero-order chi connectivity index (χ0) is 13.1. The molecule has 0 fully saturated rings. The fraction of sp³-hybridized carbons (Fsp3) is 0.182. The average Bonchev–Trinajstić information content (AvgIpc) is 2.74. The Morgan fingerprint density at radius 2 is 2.22 bits per heavy atom. The molecule has 94 valence electrons. The van der Waals surface area contributed by atoms with E-state index in [4.69, 9.17) is 0 Å². The molecule has 2 aromatic rings. The Balaban J connectivity index is 2.01. The van der Waals surface area contributed by atoms with Gasteiger partial charge >= 0.3 is 0 Å². The summed E-state index contributed by atoms with van der Waals surface area (Å²) in [6.45, 7) is -0.0402. The second-order valence-corrected chi connectivity index (χ2v) is 3.70. The number of rotatable bonds is 3. The number of nitrogens with zero attached hydrogens (tertiary/aromatic N) is 3. The lowest BCUT2D eigenvalue weighted by molar-refractivity contribution is 0.0945.